The van der Waals surface area contributed by atoms with Gasteiger partial charge in [0.2, 0.25) is 0 Å². The van der Waals surface area contributed by atoms with E-state index in [0.29, 0.717) is 38.2 Å². The van der Waals surface area contributed by atoms with Crippen LogP contribution in [0.5, 0.6) is 5.75 Å². The largest absolute Gasteiger partial charge is 0.494 e. The lowest BCUT2D eigenvalue weighted by atomic mass is 10.0. The van der Waals surface area contributed by atoms with Crippen LogP contribution in [0.25, 0.3) is 0 Å². The highest BCUT2D eigenvalue weighted by atomic mass is 19.1. The van der Waals surface area contributed by atoms with Gasteiger partial charge in [-0.05, 0) is 68.6 Å². The second kappa shape index (κ2) is 12.2. The number of carbonyl (C=O) groups is 1. The molecule has 0 spiro atoms. The molecular formula is C23H30F2N4O2. The lowest BCUT2D eigenvalue weighted by Crippen LogP contribution is -2.49. The Kier molecular flexibility index (Phi) is 9.02. The molecule has 0 aliphatic carbocycles. The van der Waals surface area contributed by atoms with Crippen LogP contribution in [0.1, 0.15) is 36.9 Å². The summed E-state index contributed by atoms with van der Waals surface area (Å²) >= 11 is 0. The fourth-order valence-corrected chi connectivity index (χ4v) is 3.53. The van der Waals surface area contributed by atoms with Crippen molar-refractivity contribution in [3.63, 3.8) is 0 Å². The summed E-state index contributed by atoms with van der Waals surface area (Å²) in [5.41, 5.74) is 1.61. The lowest BCUT2D eigenvalue weighted by molar-refractivity contribution is 0.153. The minimum atomic E-state index is -0.392. The second-order valence-corrected chi connectivity index (χ2v) is 7.62. The number of nitrogens with zero attached hydrogens (tertiary/aromatic N) is 2. The maximum Gasteiger partial charge on any atom is 0.318 e. The summed E-state index contributed by atoms with van der Waals surface area (Å²) in [7, 11) is 0. The maximum absolute atomic E-state index is 13.2. The van der Waals surface area contributed by atoms with Crippen molar-refractivity contribution in [3.05, 3.63) is 59.7 Å². The van der Waals surface area contributed by atoms with Gasteiger partial charge < -0.3 is 20.3 Å². The number of benzene rings is 1. The molecule has 0 atom stereocenters. The van der Waals surface area contributed by atoms with Crippen molar-refractivity contribution in [2.75, 3.05) is 26.4 Å². The smallest absolute Gasteiger partial charge is 0.318 e. The number of alkyl halides is 1. The molecule has 1 aliphatic heterocycles. The molecule has 1 saturated heterocycles. The van der Waals surface area contributed by atoms with Gasteiger partial charge in [-0.2, -0.15) is 0 Å². The van der Waals surface area contributed by atoms with Gasteiger partial charge >= 0.3 is 6.03 Å². The minimum absolute atomic E-state index is 0.105. The Bertz CT molecular complexity index is 796. The fraction of sp³-hybridized carbons (Fsp3) is 0.478. The number of unbranched alkanes of at least 4 members (excludes halogenated alkanes) is 1. The molecule has 0 saturated carbocycles. The Morgan fingerprint density at radius 1 is 1.16 bits per heavy atom. The topological polar surface area (TPSA) is 66.5 Å². The zero-order valence-corrected chi connectivity index (χ0v) is 17.7. The van der Waals surface area contributed by atoms with Crippen molar-refractivity contribution in [2.45, 2.75) is 44.8 Å². The molecule has 8 heteroatoms. The molecule has 0 unspecified atom stereocenters. The predicted octanol–water partition coefficient (Wildman–Crippen LogP) is 3.81. The molecule has 0 bridgehead atoms. The van der Waals surface area contributed by atoms with Crippen LogP contribution in [0.4, 0.5) is 13.6 Å². The molecule has 1 aromatic carbocycles. The van der Waals surface area contributed by atoms with Crippen molar-refractivity contribution in [3.8, 4) is 5.75 Å². The van der Waals surface area contributed by atoms with E-state index in [9.17, 15) is 13.6 Å². The fourth-order valence-electron chi connectivity index (χ4n) is 3.53. The van der Waals surface area contributed by atoms with E-state index in [4.69, 9.17) is 4.74 Å². The van der Waals surface area contributed by atoms with Crippen molar-refractivity contribution in [1.29, 1.82) is 0 Å². The van der Waals surface area contributed by atoms with Gasteiger partial charge in [0.15, 0.2) is 0 Å². The molecule has 31 heavy (non-hydrogen) atoms. The molecule has 2 aromatic rings. The van der Waals surface area contributed by atoms with E-state index < -0.39 is 5.82 Å². The second-order valence-electron chi connectivity index (χ2n) is 7.62. The third kappa shape index (κ3) is 7.47. The summed E-state index contributed by atoms with van der Waals surface area (Å²) < 4.78 is 30.9. The number of pyridine rings is 1. The van der Waals surface area contributed by atoms with E-state index in [1.54, 1.807) is 11.0 Å². The number of carbonyl (C=O) groups excluding carboxylic acids is 1. The van der Waals surface area contributed by atoms with Gasteiger partial charge in [-0.15, -0.1) is 0 Å². The molecule has 1 aliphatic rings. The first-order chi connectivity index (χ1) is 15.2. The third-order valence-electron chi connectivity index (χ3n) is 5.30. The molecule has 2 amide bonds. The van der Waals surface area contributed by atoms with Crippen LogP contribution >= 0.6 is 0 Å². The highest BCUT2D eigenvalue weighted by Gasteiger charge is 2.25. The number of aromatic nitrogens is 1. The number of hydrogen-bond donors (Lipinski definition) is 2. The SMILES string of the molecule is O=C(NCc1ccc(OCCCCF)cc1)N(Cc1ccc(F)cn1)C1CCNCC1. The number of hydrogen-bond acceptors (Lipinski definition) is 4. The van der Waals surface area contributed by atoms with Gasteiger partial charge in [0.25, 0.3) is 0 Å². The number of piperidine rings is 1. The summed E-state index contributed by atoms with van der Waals surface area (Å²) in [4.78, 5) is 18.9. The summed E-state index contributed by atoms with van der Waals surface area (Å²) in [6, 6.07) is 10.4. The highest BCUT2D eigenvalue weighted by molar-refractivity contribution is 5.74. The van der Waals surface area contributed by atoms with Gasteiger partial charge in [-0.3, -0.25) is 9.37 Å². The monoisotopic (exact) mass is 432 g/mol. The Morgan fingerprint density at radius 2 is 1.94 bits per heavy atom. The van der Waals surface area contributed by atoms with Crippen molar-refractivity contribution < 1.29 is 18.3 Å². The zero-order chi connectivity index (χ0) is 21.9. The summed E-state index contributed by atoms with van der Waals surface area (Å²) in [6.45, 7) is 2.61. The Labute approximate surface area is 182 Å². The minimum Gasteiger partial charge on any atom is -0.494 e. The number of urea groups is 1. The quantitative estimate of drug-likeness (QED) is 0.561. The summed E-state index contributed by atoms with van der Waals surface area (Å²) in [5, 5.41) is 6.30. The molecule has 2 heterocycles. The van der Waals surface area contributed by atoms with Gasteiger partial charge in [0.05, 0.1) is 31.7 Å². The zero-order valence-electron chi connectivity index (χ0n) is 17.7. The van der Waals surface area contributed by atoms with Crippen LogP contribution in [0, 0.1) is 5.82 Å². The van der Waals surface area contributed by atoms with E-state index in [-0.39, 0.29) is 18.7 Å². The van der Waals surface area contributed by atoms with Crippen LogP contribution in [0.3, 0.4) is 0 Å². The van der Waals surface area contributed by atoms with E-state index in [1.807, 2.05) is 24.3 Å². The molecule has 2 N–H and O–H groups in total. The number of rotatable bonds is 10. The third-order valence-corrected chi connectivity index (χ3v) is 5.30. The standard InChI is InChI=1S/C23H30F2N4O2/c24-11-1-2-14-31-22-7-3-18(4-8-22)15-28-23(30)29(21-9-12-26-13-10-21)17-20-6-5-19(25)16-27-20/h3-8,16,21,26H,1-2,9-15,17H2,(H,28,30). The van der Waals surface area contributed by atoms with E-state index in [0.717, 1.165) is 37.2 Å². The first kappa shape index (κ1) is 22.9. The molecular weight excluding hydrogens is 402 g/mol. The summed E-state index contributed by atoms with van der Waals surface area (Å²) in [5.74, 6) is 0.337. The first-order valence-corrected chi connectivity index (χ1v) is 10.8. The van der Waals surface area contributed by atoms with Crippen LogP contribution in [-0.2, 0) is 13.1 Å². The van der Waals surface area contributed by atoms with Gasteiger partial charge in [-0.1, -0.05) is 12.1 Å². The average molecular weight is 433 g/mol. The molecule has 6 nitrogen and oxygen atoms in total. The van der Waals surface area contributed by atoms with Crippen molar-refractivity contribution >= 4 is 6.03 Å². The van der Waals surface area contributed by atoms with E-state index in [1.165, 1.54) is 12.3 Å². The molecule has 168 valence electrons. The van der Waals surface area contributed by atoms with Gasteiger partial charge in [0.1, 0.15) is 11.6 Å². The molecule has 1 aromatic heterocycles. The van der Waals surface area contributed by atoms with E-state index >= 15 is 0 Å². The highest BCUT2D eigenvalue weighted by Crippen LogP contribution is 2.17. The molecule has 3 rings (SSSR count). The molecule has 1 fully saturated rings. The maximum atomic E-state index is 13.2. The Morgan fingerprint density at radius 3 is 2.61 bits per heavy atom. The van der Waals surface area contributed by atoms with Gasteiger partial charge in [0, 0.05) is 12.6 Å². The summed E-state index contributed by atoms with van der Waals surface area (Å²) in [6.07, 6.45) is 4.09. The van der Waals surface area contributed by atoms with Crippen LogP contribution < -0.4 is 15.4 Å². The molecule has 0 radical (unpaired) electrons. The lowest BCUT2D eigenvalue weighted by Gasteiger charge is -2.34. The van der Waals surface area contributed by atoms with E-state index in [2.05, 4.69) is 15.6 Å². The number of ether oxygens (including phenoxy) is 1. The number of halogens is 2. The Hall–Kier alpha value is -2.74. The van der Waals surface area contributed by atoms with Crippen LogP contribution in [0.2, 0.25) is 0 Å². The predicted molar refractivity (Wildman–Crippen MR) is 115 cm³/mol. The first-order valence-electron chi connectivity index (χ1n) is 10.8. The number of amides is 2. The normalized spacial score (nSPS) is 14.3. The van der Waals surface area contributed by atoms with Crippen LogP contribution in [0.15, 0.2) is 42.6 Å². The number of nitrogens with one attached hydrogen (secondary N) is 2. The van der Waals surface area contributed by atoms with Crippen molar-refractivity contribution in [2.24, 2.45) is 0 Å². The van der Waals surface area contributed by atoms with Crippen molar-refractivity contribution in [1.82, 2.24) is 20.5 Å². The Balaban J connectivity index is 1.56. The van der Waals surface area contributed by atoms with Crippen LogP contribution in [-0.4, -0.2) is 48.3 Å². The van der Waals surface area contributed by atoms with Gasteiger partial charge in [-0.25, -0.2) is 9.18 Å². The average Bonchev–Trinajstić information content (AvgIpc) is 2.81.